The minimum atomic E-state index is -2.57. The number of nitrogens with zero attached hydrogens (tertiary/aromatic N) is 6. The van der Waals surface area contributed by atoms with Crippen LogP contribution in [0.15, 0.2) is 52.2 Å². The first kappa shape index (κ1) is 26.7. The molecule has 2 saturated carbocycles. The second-order valence-electron chi connectivity index (χ2n) is 11.8. The van der Waals surface area contributed by atoms with E-state index in [1.165, 1.54) is 28.0 Å². The summed E-state index contributed by atoms with van der Waals surface area (Å²) in [5.41, 5.74) is -0.488. The fraction of sp³-hybridized carbons (Fsp3) is 0.483. The third kappa shape index (κ3) is 5.17. The zero-order valence-electron chi connectivity index (χ0n) is 22.8. The molecular weight excluding hydrogens is 550 g/mol. The van der Waals surface area contributed by atoms with Crippen molar-refractivity contribution in [2.75, 3.05) is 19.7 Å². The number of benzene rings is 1. The van der Waals surface area contributed by atoms with Crippen LogP contribution in [0, 0.1) is 5.92 Å². The molecule has 1 amide bonds. The molecule has 3 aliphatic rings. The maximum Gasteiger partial charge on any atom is 0.291 e. The third-order valence-corrected chi connectivity index (χ3v) is 8.40. The third-order valence-electron chi connectivity index (χ3n) is 8.40. The fourth-order valence-electron chi connectivity index (χ4n) is 5.71. The second-order valence-corrected chi connectivity index (χ2v) is 11.8. The van der Waals surface area contributed by atoms with Gasteiger partial charge in [-0.2, -0.15) is 5.10 Å². The van der Waals surface area contributed by atoms with Gasteiger partial charge in [0, 0.05) is 37.8 Å². The zero-order chi connectivity index (χ0) is 29.1. The van der Waals surface area contributed by atoms with Gasteiger partial charge in [-0.05, 0) is 49.9 Å². The van der Waals surface area contributed by atoms with Crippen molar-refractivity contribution in [2.24, 2.45) is 5.92 Å². The lowest BCUT2D eigenvalue weighted by Crippen LogP contribution is -2.49. The Labute approximate surface area is 238 Å². The predicted molar refractivity (Wildman–Crippen MR) is 145 cm³/mol. The van der Waals surface area contributed by atoms with Crippen molar-refractivity contribution in [3.8, 4) is 11.4 Å². The molecule has 0 atom stereocenters. The van der Waals surface area contributed by atoms with Crippen molar-refractivity contribution in [1.29, 1.82) is 0 Å². The van der Waals surface area contributed by atoms with Crippen molar-refractivity contribution >= 4 is 16.9 Å². The molecule has 7 rings (SSSR count). The van der Waals surface area contributed by atoms with Gasteiger partial charge < -0.3 is 19.2 Å². The Kier molecular flexibility index (Phi) is 6.37. The normalized spacial score (nSPS) is 20.0. The summed E-state index contributed by atoms with van der Waals surface area (Å²) in [5, 5.41) is 15.9. The Morgan fingerprint density at radius 1 is 1.10 bits per heavy atom. The Morgan fingerprint density at radius 2 is 1.83 bits per heavy atom. The molecule has 0 spiro atoms. The van der Waals surface area contributed by atoms with Crippen LogP contribution in [0.1, 0.15) is 60.9 Å². The lowest BCUT2D eigenvalue weighted by Gasteiger charge is -2.38. The summed E-state index contributed by atoms with van der Waals surface area (Å²) in [4.78, 5) is 36.5. The highest BCUT2D eigenvalue weighted by Gasteiger charge is 2.45. The predicted octanol–water partition coefficient (Wildman–Crippen LogP) is 3.54. The van der Waals surface area contributed by atoms with Crippen LogP contribution in [0.4, 0.5) is 8.78 Å². The van der Waals surface area contributed by atoms with Gasteiger partial charge in [0.05, 0.1) is 36.8 Å². The van der Waals surface area contributed by atoms with E-state index in [1.54, 1.807) is 29.2 Å². The molecule has 11 nitrogen and oxygen atoms in total. The molecule has 4 aromatic rings. The maximum absolute atomic E-state index is 13.3. The molecule has 4 heterocycles. The summed E-state index contributed by atoms with van der Waals surface area (Å²) in [7, 11) is 0. The quantitative estimate of drug-likeness (QED) is 0.335. The number of carbonyl (C=O) groups excluding carboxylic acids is 1. The van der Waals surface area contributed by atoms with Gasteiger partial charge in [-0.25, -0.2) is 23.4 Å². The van der Waals surface area contributed by atoms with Crippen molar-refractivity contribution in [3.05, 3.63) is 65.0 Å². The van der Waals surface area contributed by atoms with Crippen LogP contribution in [0.25, 0.3) is 16.7 Å². The first-order valence-electron chi connectivity index (χ1n) is 14.2. The highest BCUT2D eigenvalue weighted by Crippen LogP contribution is 2.42. The number of ether oxygens (including phenoxy) is 1. The standard InChI is InChI=1S/C29H30F2N6O5/c30-29(31)11-18(12-29)15-41-21-5-3-20(4-6-21)37-24-22(13-34-37)26(38)36(17-33-24)16-28(40)7-9-35(10-8-28)27(39)23-14-32-25(42-23)19-1-2-19/h3-6,13-14,17-19,40H,1-2,7-12,15-16H2. The van der Waals surface area contributed by atoms with Gasteiger partial charge in [0.15, 0.2) is 11.5 Å². The number of hydrogen-bond acceptors (Lipinski definition) is 8. The van der Waals surface area contributed by atoms with Crippen molar-refractivity contribution in [2.45, 2.75) is 62.5 Å². The largest absolute Gasteiger partial charge is 0.493 e. The number of amides is 1. The highest BCUT2D eigenvalue weighted by atomic mass is 19.3. The van der Waals surface area contributed by atoms with Crippen LogP contribution in [0.2, 0.25) is 0 Å². The van der Waals surface area contributed by atoms with Gasteiger partial charge in [-0.3, -0.25) is 14.2 Å². The molecule has 3 fully saturated rings. The summed E-state index contributed by atoms with van der Waals surface area (Å²) >= 11 is 0. The van der Waals surface area contributed by atoms with Crippen LogP contribution in [0.3, 0.4) is 0 Å². The lowest BCUT2D eigenvalue weighted by molar-refractivity contribution is -0.119. The van der Waals surface area contributed by atoms with Crippen LogP contribution in [-0.4, -0.2) is 71.4 Å². The summed E-state index contributed by atoms with van der Waals surface area (Å²) in [5.74, 6) is -1.25. The summed E-state index contributed by atoms with van der Waals surface area (Å²) in [6.07, 6.45) is 6.68. The number of alkyl halides is 2. The summed E-state index contributed by atoms with van der Waals surface area (Å²) in [6.45, 7) is 0.924. The highest BCUT2D eigenvalue weighted by molar-refractivity contribution is 5.91. The molecule has 1 aromatic carbocycles. The van der Waals surface area contributed by atoms with Gasteiger partial charge in [-0.15, -0.1) is 0 Å². The molecule has 1 N–H and O–H groups in total. The minimum absolute atomic E-state index is 0.0368. The number of oxazole rings is 1. The SMILES string of the molecule is O=C(c1cnc(C2CC2)o1)N1CCC(O)(Cn2cnc3c(cnn3-c3ccc(OCC4CC(F)(F)C4)cc3)c2=O)CC1. The number of halogens is 2. The van der Waals surface area contributed by atoms with Crippen LogP contribution < -0.4 is 10.3 Å². The molecule has 220 valence electrons. The molecule has 0 radical (unpaired) electrons. The van der Waals surface area contributed by atoms with Crippen molar-refractivity contribution in [3.63, 3.8) is 0 Å². The van der Waals surface area contributed by atoms with Crippen molar-refractivity contribution < 1.29 is 27.8 Å². The van der Waals surface area contributed by atoms with Gasteiger partial charge in [-0.1, -0.05) is 0 Å². The van der Waals surface area contributed by atoms with Crippen LogP contribution >= 0.6 is 0 Å². The first-order valence-corrected chi connectivity index (χ1v) is 14.2. The molecule has 42 heavy (non-hydrogen) atoms. The van der Waals surface area contributed by atoms with E-state index in [-0.39, 0.29) is 49.1 Å². The van der Waals surface area contributed by atoms with Gasteiger partial charge >= 0.3 is 0 Å². The maximum atomic E-state index is 13.3. The van der Waals surface area contributed by atoms with Gasteiger partial charge in [0.1, 0.15) is 17.5 Å². The van der Waals surface area contributed by atoms with E-state index in [0.717, 1.165) is 12.8 Å². The number of aromatic nitrogens is 5. The number of piperidine rings is 1. The Morgan fingerprint density at radius 3 is 2.52 bits per heavy atom. The summed E-state index contributed by atoms with van der Waals surface area (Å²) < 4.78 is 40.3. The Hall–Kier alpha value is -4.13. The number of hydrogen-bond donors (Lipinski definition) is 1. The molecular formula is C29H30F2N6O5. The van der Waals surface area contributed by atoms with E-state index in [4.69, 9.17) is 9.15 Å². The van der Waals surface area contributed by atoms with E-state index in [1.807, 2.05) is 0 Å². The lowest BCUT2D eigenvalue weighted by atomic mass is 9.82. The van der Waals surface area contributed by atoms with E-state index in [9.17, 15) is 23.5 Å². The average Bonchev–Trinajstić information content (AvgIpc) is 3.52. The van der Waals surface area contributed by atoms with E-state index < -0.39 is 11.5 Å². The van der Waals surface area contributed by atoms with Gasteiger partial charge in [0.2, 0.25) is 11.7 Å². The zero-order valence-corrected chi connectivity index (χ0v) is 22.8. The molecule has 3 aromatic heterocycles. The van der Waals surface area contributed by atoms with Crippen LogP contribution in [0.5, 0.6) is 5.75 Å². The van der Waals surface area contributed by atoms with Crippen LogP contribution in [-0.2, 0) is 6.54 Å². The monoisotopic (exact) mass is 580 g/mol. The molecule has 0 unspecified atom stereocenters. The average molecular weight is 581 g/mol. The van der Waals surface area contributed by atoms with E-state index in [2.05, 4.69) is 15.1 Å². The smallest absolute Gasteiger partial charge is 0.291 e. The number of aliphatic hydroxyl groups is 1. The number of rotatable bonds is 8. The molecule has 1 aliphatic heterocycles. The Balaban J connectivity index is 0.992. The molecule has 13 heteroatoms. The molecule has 1 saturated heterocycles. The molecule has 0 bridgehead atoms. The van der Waals surface area contributed by atoms with E-state index >= 15 is 0 Å². The van der Waals surface area contributed by atoms with E-state index in [0.29, 0.717) is 60.2 Å². The Bertz CT molecular complexity index is 1680. The first-order chi connectivity index (χ1) is 20.2. The second kappa shape index (κ2) is 10.0. The van der Waals surface area contributed by atoms with Gasteiger partial charge in [0.25, 0.3) is 11.5 Å². The number of likely N-dealkylation sites (tertiary alicyclic amines) is 1. The minimum Gasteiger partial charge on any atom is -0.493 e. The number of carbonyl (C=O) groups is 1. The fourth-order valence-corrected chi connectivity index (χ4v) is 5.71. The summed E-state index contributed by atoms with van der Waals surface area (Å²) in [6, 6.07) is 6.96. The van der Waals surface area contributed by atoms with Crippen molar-refractivity contribution in [1.82, 2.24) is 29.2 Å². The topological polar surface area (TPSA) is 129 Å². The molecule has 2 aliphatic carbocycles. The number of fused-ring (bicyclic) bond motifs is 1.